The number of halogens is 1. The van der Waals surface area contributed by atoms with Crippen LogP contribution in [0.3, 0.4) is 0 Å². The molecule has 0 saturated carbocycles. The number of rotatable bonds is 8. The van der Waals surface area contributed by atoms with Crippen LogP contribution >= 0.6 is 23.7 Å². The van der Waals surface area contributed by atoms with E-state index < -0.39 is 0 Å². The lowest BCUT2D eigenvalue weighted by molar-refractivity contribution is 0.0984. The highest BCUT2D eigenvalue weighted by molar-refractivity contribution is 7.22. The molecule has 3 rings (SSSR count). The van der Waals surface area contributed by atoms with E-state index in [2.05, 4.69) is 25.7 Å². The lowest BCUT2D eigenvalue weighted by atomic mass is 10.2. The second-order valence-electron chi connectivity index (χ2n) is 6.61. The molecule has 0 aliphatic rings. The van der Waals surface area contributed by atoms with Crippen LogP contribution in [0.2, 0.25) is 0 Å². The Bertz CT molecular complexity index is 942. The van der Waals surface area contributed by atoms with E-state index in [-0.39, 0.29) is 18.3 Å². The number of benzene rings is 2. The Morgan fingerprint density at radius 3 is 2.38 bits per heavy atom. The van der Waals surface area contributed by atoms with E-state index >= 15 is 0 Å². The molecule has 0 aliphatic heterocycles. The summed E-state index contributed by atoms with van der Waals surface area (Å²) >= 11 is 1.55. The molecule has 0 N–H and O–H groups in total. The number of aryl methyl sites for hydroxylation is 1. The zero-order valence-corrected chi connectivity index (χ0v) is 19.0. The monoisotopic (exact) mass is 433 g/mol. The average Bonchev–Trinajstić information content (AvgIpc) is 3.18. The quantitative estimate of drug-likeness (QED) is 0.500. The smallest absolute Gasteiger partial charge is 0.260 e. The van der Waals surface area contributed by atoms with Crippen molar-refractivity contribution in [1.82, 2.24) is 9.88 Å². The molecule has 0 aliphatic carbocycles. The molecular formula is C22H28ClN3O2S. The minimum Gasteiger partial charge on any atom is -0.494 e. The van der Waals surface area contributed by atoms with Gasteiger partial charge in [-0.2, -0.15) is 0 Å². The van der Waals surface area contributed by atoms with Gasteiger partial charge in [-0.05, 0) is 43.8 Å². The lowest BCUT2D eigenvalue weighted by Gasteiger charge is -2.24. The van der Waals surface area contributed by atoms with Crippen molar-refractivity contribution in [3.8, 4) is 5.75 Å². The first-order chi connectivity index (χ1) is 13.6. The summed E-state index contributed by atoms with van der Waals surface area (Å²) in [5.41, 5.74) is 2.62. The summed E-state index contributed by atoms with van der Waals surface area (Å²) in [6.45, 7) is 9.64. The molecule has 0 unspecified atom stereocenters. The SMILES string of the molecule is CCN(CC)CCN(C(=O)c1ccccc1)c1nc2c(OC)ccc(C)c2s1.Cl. The zero-order chi connectivity index (χ0) is 20.1. The normalized spacial score (nSPS) is 10.8. The molecular weight excluding hydrogens is 406 g/mol. The van der Waals surface area contributed by atoms with Gasteiger partial charge in [0.15, 0.2) is 5.13 Å². The molecule has 0 bridgehead atoms. The number of ether oxygens (including phenoxy) is 1. The van der Waals surface area contributed by atoms with E-state index in [9.17, 15) is 4.79 Å². The molecule has 0 spiro atoms. The highest BCUT2D eigenvalue weighted by atomic mass is 35.5. The van der Waals surface area contributed by atoms with Crippen molar-refractivity contribution in [1.29, 1.82) is 0 Å². The van der Waals surface area contributed by atoms with Crippen molar-refractivity contribution in [2.45, 2.75) is 20.8 Å². The molecule has 0 radical (unpaired) electrons. The Morgan fingerprint density at radius 2 is 1.76 bits per heavy atom. The number of hydrogen-bond donors (Lipinski definition) is 0. The molecule has 1 aromatic heterocycles. The Morgan fingerprint density at radius 1 is 1.07 bits per heavy atom. The van der Waals surface area contributed by atoms with Crippen molar-refractivity contribution >= 4 is 45.0 Å². The van der Waals surface area contributed by atoms with E-state index in [4.69, 9.17) is 9.72 Å². The summed E-state index contributed by atoms with van der Waals surface area (Å²) in [6.07, 6.45) is 0. The lowest BCUT2D eigenvalue weighted by Crippen LogP contribution is -2.38. The van der Waals surface area contributed by atoms with E-state index in [0.29, 0.717) is 17.2 Å². The number of fused-ring (bicyclic) bond motifs is 1. The first kappa shape index (κ1) is 23.1. The maximum absolute atomic E-state index is 13.3. The minimum absolute atomic E-state index is 0. The van der Waals surface area contributed by atoms with Crippen molar-refractivity contribution in [2.75, 3.05) is 38.2 Å². The van der Waals surface area contributed by atoms with Crippen LogP contribution in [0, 0.1) is 6.92 Å². The van der Waals surface area contributed by atoms with Crippen LogP contribution in [-0.4, -0.2) is 49.1 Å². The fourth-order valence-electron chi connectivity index (χ4n) is 3.18. The summed E-state index contributed by atoms with van der Waals surface area (Å²) in [4.78, 5) is 22.2. The topological polar surface area (TPSA) is 45.7 Å². The Kier molecular flexibility index (Phi) is 8.44. The number of thiazole rings is 1. The van der Waals surface area contributed by atoms with Gasteiger partial charge >= 0.3 is 0 Å². The number of methoxy groups -OCH3 is 1. The van der Waals surface area contributed by atoms with Crippen molar-refractivity contribution in [2.24, 2.45) is 0 Å². The molecule has 156 valence electrons. The number of amides is 1. The van der Waals surface area contributed by atoms with Crippen LogP contribution in [-0.2, 0) is 0 Å². The van der Waals surface area contributed by atoms with Crippen molar-refractivity contribution in [3.05, 3.63) is 53.6 Å². The first-order valence-corrected chi connectivity index (χ1v) is 10.4. The standard InChI is InChI=1S/C22H27N3O2S.ClH/c1-5-24(6-2)14-15-25(21(26)17-10-8-7-9-11-17)22-23-19-18(27-4)13-12-16(3)20(19)28-22;/h7-13H,5-6,14-15H2,1-4H3;1H. The van der Waals surface area contributed by atoms with Crippen LogP contribution in [0.15, 0.2) is 42.5 Å². The van der Waals surface area contributed by atoms with Gasteiger partial charge in [-0.15, -0.1) is 12.4 Å². The molecule has 29 heavy (non-hydrogen) atoms. The Labute approximate surface area is 182 Å². The minimum atomic E-state index is -0.0246. The van der Waals surface area contributed by atoms with Gasteiger partial charge in [-0.3, -0.25) is 9.69 Å². The van der Waals surface area contributed by atoms with Gasteiger partial charge in [0, 0.05) is 18.7 Å². The summed E-state index contributed by atoms with van der Waals surface area (Å²) < 4.78 is 6.54. The first-order valence-electron chi connectivity index (χ1n) is 9.62. The van der Waals surface area contributed by atoms with E-state index in [1.807, 2.05) is 42.5 Å². The summed E-state index contributed by atoms with van der Waals surface area (Å²) in [7, 11) is 1.65. The van der Waals surface area contributed by atoms with E-state index in [0.717, 1.165) is 41.2 Å². The number of hydrogen-bond acceptors (Lipinski definition) is 5. The van der Waals surface area contributed by atoms with Gasteiger partial charge in [0.1, 0.15) is 11.3 Å². The second kappa shape index (κ2) is 10.6. The third-order valence-electron chi connectivity index (χ3n) is 4.94. The van der Waals surface area contributed by atoms with E-state index in [1.165, 1.54) is 0 Å². The molecule has 0 atom stereocenters. The van der Waals surface area contributed by atoms with Crippen LogP contribution in [0.5, 0.6) is 5.75 Å². The maximum Gasteiger partial charge on any atom is 0.260 e. The molecule has 1 heterocycles. The highest BCUT2D eigenvalue weighted by Crippen LogP contribution is 2.36. The average molecular weight is 434 g/mol. The predicted molar refractivity (Wildman–Crippen MR) is 124 cm³/mol. The van der Waals surface area contributed by atoms with Gasteiger partial charge in [0.05, 0.1) is 11.8 Å². The molecule has 2 aromatic carbocycles. The van der Waals surface area contributed by atoms with Gasteiger partial charge in [-0.25, -0.2) is 4.98 Å². The van der Waals surface area contributed by atoms with Crippen LogP contribution in [0.25, 0.3) is 10.2 Å². The third-order valence-corrected chi connectivity index (χ3v) is 6.16. The summed E-state index contributed by atoms with van der Waals surface area (Å²) in [6, 6.07) is 13.4. The molecule has 0 saturated heterocycles. The van der Waals surface area contributed by atoms with Gasteiger partial charge in [0.25, 0.3) is 5.91 Å². The number of anilines is 1. The van der Waals surface area contributed by atoms with Crippen LogP contribution in [0.1, 0.15) is 29.8 Å². The largest absolute Gasteiger partial charge is 0.494 e. The van der Waals surface area contributed by atoms with E-state index in [1.54, 1.807) is 23.3 Å². The van der Waals surface area contributed by atoms with Gasteiger partial charge < -0.3 is 9.64 Å². The van der Waals surface area contributed by atoms with Crippen molar-refractivity contribution < 1.29 is 9.53 Å². The van der Waals surface area contributed by atoms with Gasteiger partial charge in [0.2, 0.25) is 0 Å². The number of carbonyl (C=O) groups excluding carboxylic acids is 1. The maximum atomic E-state index is 13.3. The number of carbonyl (C=O) groups is 1. The number of likely N-dealkylation sites (N-methyl/N-ethyl adjacent to an activating group) is 1. The Hall–Kier alpha value is -2.15. The molecule has 0 fully saturated rings. The molecule has 7 heteroatoms. The predicted octanol–water partition coefficient (Wildman–Crippen LogP) is 5.02. The fourth-order valence-corrected chi connectivity index (χ4v) is 4.26. The third kappa shape index (κ3) is 5.07. The Balaban J connectivity index is 0.00000300. The molecule has 5 nitrogen and oxygen atoms in total. The fraction of sp³-hybridized carbons (Fsp3) is 0.364. The summed E-state index contributed by atoms with van der Waals surface area (Å²) in [5, 5.41) is 0.712. The highest BCUT2D eigenvalue weighted by Gasteiger charge is 2.23. The number of nitrogens with zero attached hydrogens (tertiary/aromatic N) is 3. The zero-order valence-electron chi connectivity index (χ0n) is 17.3. The van der Waals surface area contributed by atoms with Crippen LogP contribution < -0.4 is 9.64 Å². The molecule has 1 amide bonds. The second-order valence-corrected chi connectivity index (χ2v) is 7.59. The number of aromatic nitrogens is 1. The van der Waals surface area contributed by atoms with Gasteiger partial charge in [-0.1, -0.05) is 49.4 Å². The summed E-state index contributed by atoms with van der Waals surface area (Å²) in [5.74, 6) is 0.711. The van der Waals surface area contributed by atoms with Crippen LogP contribution in [0.4, 0.5) is 5.13 Å². The molecule has 3 aromatic rings. The van der Waals surface area contributed by atoms with Crippen molar-refractivity contribution in [3.63, 3.8) is 0 Å².